The number of esters is 1. The summed E-state index contributed by atoms with van der Waals surface area (Å²) in [6.45, 7) is 2.19. The van der Waals surface area contributed by atoms with Gasteiger partial charge in [0.2, 0.25) is 0 Å². The standard InChI is InChI=1S/C11H13N3O2S/c1-3-16-9(15)6-8-7-17-11(13-8)10-12-4-5-14(10)2/h4-5,7H,3,6H2,1-2H3. The second-order valence-corrected chi connectivity index (χ2v) is 4.35. The lowest BCUT2D eigenvalue weighted by atomic mass is 10.3. The lowest BCUT2D eigenvalue weighted by Crippen LogP contribution is -2.07. The second-order valence-electron chi connectivity index (χ2n) is 3.49. The largest absolute Gasteiger partial charge is 0.466 e. The van der Waals surface area contributed by atoms with Crippen LogP contribution in [0.2, 0.25) is 0 Å². The van der Waals surface area contributed by atoms with Gasteiger partial charge in [-0.25, -0.2) is 9.97 Å². The van der Waals surface area contributed by atoms with Crippen LogP contribution in [0, 0.1) is 0 Å². The monoisotopic (exact) mass is 251 g/mol. The summed E-state index contributed by atoms with van der Waals surface area (Å²) in [5, 5.41) is 2.68. The molecule has 0 unspecified atom stereocenters. The maximum absolute atomic E-state index is 11.3. The predicted molar refractivity (Wildman–Crippen MR) is 64.7 cm³/mol. The Bertz CT molecular complexity index is 518. The van der Waals surface area contributed by atoms with E-state index >= 15 is 0 Å². The molecule has 2 rings (SSSR count). The quantitative estimate of drug-likeness (QED) is 0.775. The highest BCUT2D eigenvalue weighted by atomic mass is 32.1. The van der Waals surface area contributed by atoms with E-state index in [4.69, 9.17) is 4.74 Å². The van der Waals surface area contributed by atoms with Gasteiger partial charge in [0, 0.05) is 24.8 Å². The number of ether oxygens (including phenoxy) is 1. The summed E-state index contributed by atoms with van der Waals surface area (Å²) in [5.74, 6) is 0.564. The van der Waals surface area contributed by atoms with Gasteiger partial charge in [0.15, 0.2) is 10.8 Å². The zero-order valence-corrected chi connectivity index (χ0v) is 10.5. The van der Waals surface area contributed by atoms with Crippen LogP contribution >= 0.6 is 11.3 Å². The Labute approximate surface area is 103 Å². The van der Waals surface area contributed by atoms with Crippen molar-refractivity contribution in [2.75, 3.05) is 6.61 Å². The van der Waals surface area contributed by atoms with E-state index in [-0.39, 0.29) is 12.4 Å². The molecule has 0 N–H and O–H groups in total. The Morgan fingerprint density at radius 3 is 3.06 bits per heavy atom. The highest BCUT2D eigenvalue weighted by molar-refractivity contribution is 7.13. The van der Waals surface area contributed by atoms with E-state index in [2.05, 4.69) is 9.97 Å². The third-order valence-electron chi connectivity index (χ3n) is 2.19. The summed E-state index contributed by atoms with van der Waals surface area (Å²) in [4.78, 5) is 19.9. The van der Waals surface area contributed by atoms with E-state index < -0.39 is 0 Å². The van der Waals surface area contributed by atoms with Gasteiger partial charge in [-0.3, -0.25) is 4.79 Å². The predicted octanol–water partition coefficient (Wildman–Crippen LogP) is 1.65. The van der Waals surface area contributed by atoms with E-state index in [1.165, 1.54) is 11.3 Å². The molecule has 0 saturated heterocycles. The van der Waals surface area contributed by atoms with Gasteiger partial charge in [-0.05, 0) is 6.92 Å². The average molecular weight is 251 g/mol. The minimum absolute atomic E-state index is 0.217. The van der Waals surface area contributed by atoms with Crippen LogP contribution in [-0.4, -0.2) is 27.1 Å². The highest BCUT2D eigenvalue weighted by Crippen LogP contribution is 2.21. The molecule has 0 radical (unpaired) electrons. The molecular formula is C11H13N3O2S. The van der Waals surface area contributed by atoms with Crippen LogP contribution < -0.4 is 0 Å². The van der Waals surface area contributed by atoms with Crippen LogP contribution in [-0.2, 0) is 23.0 Å². The number of carbonyl (C=O) groups excluding carboxylic acids is 1. The summed E-state index contributed by atoms with van der Waals surface area (Å²) < 4.78 is 6.77. The molecule has 2 heterocycles. The molecule has 17 heavy (non-hydrogen) atoms. The summed E-state index contributed by atoms with van der Waals surface area (Å²) in [5.41, 5.74) is 0.728. The van der Waals surface area contributed by atoms with Crippen LogP contribution in [0.4, 0.5) is 0 Å². The molecule has 5 nitrogen and oxygen atoms in total. The van der Waals surface area contributed by atoms with E-state index in [9.17, 15) is 4.79 Å². The van der Waals surface area contributed by atoms with Crippen LogP contribution in [0.1, 0.15) is 12.6 Å². The molecule has 90 valence electrons. The zero-order valence-electron chi connectivity index (χ0n) is 9.71. The minimum Gasteiger partial charge on any atom is -0.466 e. The first-order valence-electron chi connectivity index (χ1n) is 5.28. The molecule has 0 amide bonds. The van der Waals surface area contributed by atoms with E-state index in [0.29, 0.717) is 6.61 Å². The third-order valence-corrected chi connectivity index (χ3v) is 3.08. The first-order valence-corrected chi connectivity index (χ1v) is 6.16. The Morgan fingerprint density at radius 2 is 2.41 bits per heavy atom. The molecule has 0 aliphatic rings. The van der Waals surface area contributed by atoms with Crippen molar-refractivity contribution >= 4 is 17.3 Å². The van der Waals surface area contributed by atoms with Gasteiger partial charge in [-0.1, -0.05) is 0 Å². The molecule has 0 fully saturated rings. The fourth-order valence-corrected chi connectivity index (χ4v) is 2.28. The van der Waals surface area contributed by atoms with Gasteiger partial charge < -0.3 is 9.30 Å². The number of rotatable bonds is 4. The maximum Gasteiger partial charge on any atom is 0.311 e. The molecule has 6 heteroatoms. The summed E-state index contributed by atoms with van der Waals surface area (Å²) >= 11 is 1.48. The lowest BCUT2D eigenvalue weighted by molar-refractivity contribution is -0.142. The Balaban J connectivity index is 2.11. The number of nitrogens with zero attached hydrogens (tertiary/aromatic N) is 3. The molecule has 2 aromatic heterocycles. The van der Waals surface area contributed by atoms with Crippen molar-refractivity contribution < 1.29 is 9.53 Å². The number of carbonyl (C=O) groups is 1. The Hall–Kier alpha value is -1.69. The summed E-state index contributed by atoms with van der Waals surface area (Å²) in [6.07, 6.45) is 3.80. The van der Waals surface area contributed by atoms with Crippen LogP contribution in [0.5, 0.6) is 0 Å². The Kier molecular flexibility index (Phi) is 3.53. The van der Waals surface area contributed by atoms with Crippen molar-refractivity contribution in [1.82, 2.24) is 14.5 Å². The third kappa shape index (κ3) is 2.71. The van der Waals surface area contributed by atoms with Crippen molar-refractivity contribution in [2.24, 2.45) is 7.05 Å². The number of thiazole rings is 1. The first-order chi connectivity index (χ1) is 8.20. The van der Waals surface area contributed by atoms with Gasteiger partial charge in [-0.2, -0.15) is 0 Å². The molecule has 0 aliphatic heterocycles. The van der Waals surface area contributed by atoms with Crippen molar-refractivity contribution in [3.05, 3.63) is 23.5 Å². The fourth-order valence-electron chi connectivity index (χ4n) is 1.42. The van der Waals surface area contributed by atoms with Gasteiger partial charge in [-0.15, -0.1) is 11.3 Å². The molecule has 0 saturated carbocycles. The molecule has 0 atom stereocenters. The lowest BCUT2D eigenvalue weighted by Gasteiger charge is -1.98. The SMILES string of the molecule is CCOC(=O)Cc1csc(-c2nccn2C)n1. The Morgan fingerprint density at radius 1 is 1.59 bits per heavy atom. The zero-order chi connectivity index (χ0) is 12.3. The van der Waals surface area contributed by atoms with Crippen molar-refractivity contribution in [2.45, 2.75) is 13.3 Å². The molecular weight excluding hydrogens is 238 g/mol. The number of hydrogen-bond donors (Lipinski definition) is 0. The van der Waals surface area contributed by atoms with Gasteiger partial charge in [0.25, 0.3) is 0 Å². The van der Waals surface area contributed by atoms with E-state index in [1.807, 2.05) is 23.2 Å². The maximum atomic E-state index is 11.3. The van der Waals surface area contributed by atoms with Crippen molar-refractivity contribution in [1.29, 1.82) is 0 Å². The van der Waals surface area contributed by atoms with Crippen LogP contribution in [0.25, 0.3) is 10.8 Å². The summed E-state index contributed by atoms with van der Waals surface area (Å²) in [6, 6.07) is 0. The number of hydrogen-bond acceptors (Lipinski definition) is 5. The smallest absolute Gasteiger partial charge is 0.311 e. The number of aryl methyl sites for hydroxylation is 1. The number of imidazole rings is 1. The number of aromatic nitrogens is 3. The average Bonchev–Trinajstić information content (AvgIpc) is 2.87. The van der Waals surface area contributed by atoms with Crippen molar-refractivity contribution in [3.63, 3.8) is 0 Å². The minimum atomic E-state index is -0.246. The molecule has 0 spiro atoms. The van der Waals surface area contributed by atoms with Crippen LogP contribution in [0.3, 0.4) is 0 Å². The van der Waals surface area contributed by atoms with Gasteiger partial charge in [0.05, 0.1) is 18.7 Å². The van der Waals surface area contributed by atoms with Crippen LogP contribution in [0.15, 0.2) is 17.8 Å². The van der Waals surface area contributed by atoms with E-state index in [1.54, 1.807) is 13.1 Å². The van der Waals surface area contributed by atoms with E-state index in [0.717, 1.165) is 16.5 Å². The normalized spacial score (nSPS) is 10.5. The topological polar surface area (TPSA) is 57.0 Å². The fraction of sp³-hybridized carbons (Fsp3) is 0.364. The molecule has 0 aromatic carbocycles. The molecule has 2 aromatic rings. The molecule has 0 bridgehead atoms. The van der Waals surface area contributed by atoms with Gasteiger partial charge >= 0.3 is 5.97 Å². The van der Waals surface area contributed by atoms with Gasteiger partial charge in [0.1, 0.15) is 0 Å². The van der Waals surface area contributed by atoms with Crippen molar-refractivity contribution in [3.8, 4) is 10.8 Å². The highest BCUT2D eigenvalue weighted by Gasteiger charge is 2.11. The summed E-state index contributed by atoms with van der Waals surface area (Å²) in [7, 11) is 1.91. The first kappa shape index (κ1) is 11.8. The second kappa shape index (κ2) is 5.09. The molecule has 0 aliphatic carbocycles.